The van der Waals surface area contributed by atoms with Crippen LogP contribution >= 0.6 is 0 Å². The van der Waals surface area contributed by atoms with Crippen molar-refractivity contribution in [2.45, 2.75) is 59.0 Å². The highest BCUT2D eigenvalue weighted by atomic mass is 16.2. The third-order valence-corrected chi connectivity index (χ3v) is 3.33. The minimum absolute atomic E-state index is 0.00646. The van der Waals surface area contributed by atoms with Gasteiger partial charge in [-0.05, 0) is 37.3 Å². The summed E-state index contributed by atoms with van der Waals surface area (Å²) in [5.41, 5.74) is 2.20. The minimum atomic E-state index is -0.593. The van der Waals surface area contributed by atoms with E-state index in [4.69, 9.17) is 1.37 Å². The molecule has 1 amide bonds. The summed E-state index contributed by atoms with van der Waals surface area (Å²) in [6, 6.07) is 5.88. The van der Waals surface area contributed by atoms with Gasteiger partial charge in [0.05, 0.1) is 1.37 Å². The smallest absolute Gasteiger partial charge is 0.255 e. The van der Waals surface area contributed by atoms with E-state index in [9.17, 15) is 4.79 Å². The fraction of sp³-hybridized carbons (Fsp3) is 0.562. The maximum Gasteiger partial charge on any atom is 0.255 e. The molecule has 1 aromatic carbocycles. The molecule has 0 saturated heterocycles. The molecule has 0 spiro atoms. The van der Waals surface area contributed by atoms with Crippen LogP contribution in [-0.4, -0.2) is 16.3 Å². The first-order chi connectivity index (χ1) is 8.55. The van der Waals surface area contributed by atoms with Crippen LogP contribution in [0.2, 0.25) is 0 Å². The van der Waals surface area contributed by atoms with Gasteiger partial charge in [0, 0.05) is 17.6 Å². The summed E-state index contributed by atoms with van der Waals surface area (Å²) in [7, 11) is 0. The number of nitrogens with zero attached hydrogens (tertiary/aromatic N) is 1. The van der Waals surface area contributed by atoms with Crippen molar-refractivity contribution < 1.29 is 6.17 Å². The van der Waals surface area contributed by atoms with Crippen molar-refractivity contribution in [1.29, 1.82) is 0 Å². The Hall–Kier alpha value is -1.31. The molecule has 0 fully saturated rings. The van der Waals surface area contributed by atoms with E-state index in [1.54, 1.807) is 4.90 Å². The third kappa shape index (κ3) is 2.05. The van der Waals surface area contributed by atoms with Crippen LogP contribution in [0.25, 0.3) is 0 Å². The lowest BCUT2D eigenvalue weighted by atomic mass is 9.82. The van der Waals surface area contributed by atoms with E-state index in [1.807, 2.05) is 39.0 Å². The lowest BCUT2D eigenvalue weighted by Crippen LogP contribution is -2.41. The second-order valence-electron chi connectivity index (χ2n) is 6.99. The van der Waals surface area contributed by atoms with Gasteiger partial charge in [0.2, 0.25) is 0 Å². The summed E-state index contributed by atoms with van der Waals surface area (Å²) in [5, 5.41) is 0. The standard InChI is InChI=1S/C16H23NO/c1-15(2,3)12-9-7-8-11-10-17(16(4,5)6)14(18)13(11)12/h7-9H,10H2,1-6H3/i10D. The van der Waals surface area contributed by atoms with Crippen LogP contribution in [0.1, 0.15) is 64.4 Å². The molecule has 18 heavy (non-hydrogen) atoms. The summed E-state index contributed by atoms with van der Waals surface area (Å²) in [6.07, 6.45) is 0. The van der Waals surface area contributed by atoms with Crippen molar-refractivity contribution in [3.8, 4) is 0 Å². The molecule has 1 aliphatic rings. The number of amides is 1. The first-order valence-electron chi connectivity index (χ1n) is 7.02. The van der Waals surface area contributed by atoms with Gasteiger partial charge >= 0.3 is 0 Å². The van der Waals surface area contributed by atoms with Crippen LogP contribution in [0.5, 0.6) is 0 Å². The average Bonchev–Trinajstić information content (AvgIpc) is 2.49. The molecule has 0 aliphatic carbocycles. The predicted molar refractivity (Wildman–Crippen MR) is 74.8 cm³/mol. The van der Waals surface area contributed by atoms with Crippen molar-refractivity contribution in [3.63, 3.8) is 0 Å². The Balaban J connectivity index is 2.64. The van der Waals surface area contributed by atoms with Crippen LogP contribution in [0, 0.1) is 0 Å². The summed E-state index contributed by atoms with van der Waals surface area (Å²) < 4.78 is 8.36. The maximum atomic E-state index is 12.7. The molecule has 1 aliphatic heterocycles. The summed E-state index contributed by atoms with van der Waals surface area (Å²) in [4.78, 5) is 14.4. The molecular formula is C16H23NO. The van der Waals surface area contributed by atoms with E-state index in [1.165, 1.54) is 0 Å². The zero-order chi connectivity index (χ0) is 14.6. The molecular weight excluding hydrogens is 222 g/mol. The zero-order valence-corrected chi connectivity index (χ0v) is 12.2. The topological polar surface area (TPSA) is 20.3 Å². The second kappa shape index (κ2) is 3.84. The van der Waals surface area contributed by atoms with Gasteiger partial charge in [0.1, 0.15) is 0 Å². The summed E-state index contributed by atoms with van der Waals surface area (Å²) in [5.74, 6) is -0.00646. The van der Waals surface area contributed by atoms with E-state index in [2.05, 4.69) is 20.8 Å². The van der Waals surface area contributed by atoms with E-state index in [0.29, 0.717) is 0 Å². The Kier molecular flexibility index (Phi) is 2.51. The fourth-order valence-corrected chi connectivity index (χ4v) is 2.36. The molecule has 0 radical (unpaired) electrons. The highest BCUT2D eigenvalue weighted by Crippen LogP contribution is 2.35. The molecule has 98 valence electrons. The van der Waals surface area contributed by atoms with E-state index < -0.39 is 6.52 Å². The van der Waals surface area contributed by atoms with Gasteiger partial charge in [-0.1, -0.05) is 39.0 Å². The van der Waals surface area contributed by atoms with E-state index in [0.717, 1.165) is 16.7 Å². The molecule has 1 heterocycles. The minimum Gasteiger partial charge on any atom is -0.329 e. The van der Waals surface area contributed by atoms with Crippen molar-refractivity contribution in [1.82, 2.24) is 4.90 Å². The molecule has 2 heteroatoms. The molecule has 2 rings (SSSR count). The predicted octanol–water partition coefficient (Wildman–Crippen LogP) is 3.74. The van der Waals surface area contributed by atoms with Gasteiger partial charge in [-0.15, -0.1) is 0 Å². The first kappa shape index (κ1) is 11.8. The Morgan fingerprint density at radius 3 is 2.28 bits per heavy atom. The maximum absolute atomic E-state index is 12.7. The Labute approximate surface area is 111 Å². The Morgan fingerprint density at radius 2 is 1.78 bits per heavy atom. The lowest BCUT2D eigenvalue weighted by Gasteiger charge is -2.32. The Bertz CT molecular complexity index is 523. The highest BCUT2D eigenvalue weighted by molar-refractivity contribution is 6.00. The monoisotopic (exact) mass is 246 g/mol. The van der Waals surface area contributed by atoms with Crippen LogP contribution in [0.4, 0.5) is 0 Å². The van der Waals surface area contributed by atoms with Gasteiger partial charge < -0.3 is 4.90 Å². The van der Waals surface area contributed by atoms with Crippen molar-refractivity contribution in [3.05, 3.63) is 34.9 Å². The number of fused-ring (bicyclic) bond motifs is 1. The molecule has 1 atom stereocenters. The number of hydrogen-bond acceptors (Lipinski definition) is 1. The van der Waals surface area contributed by atoms with Gasteiger partial charge in [-0.3, -0.25) is 4.79 Å². The molecule has 0 N–H and O–H groups in total. The number of carbonyl (C=O) groups excluding carboxylic acids is 1. The third-order valence-electron chi connectivity index (χ3n) is 3.33. The van der Waals surface area contributed by atoms with Crippen molar-refractivity contribution in [2.24, 2.45) is 0 Å². The zero-order valence-electron chi connectivity index (χ0n) is 13.2. The Morgan fingerprint density at radius 1 is 1.17 bits per heavy atom. The van der Waals surface area contributed by atoms with Crippen LogP contribution in [0.15, 0.2) is 18.2 Å². The number of carbonyl (C=O) groups is 1. The van der Waals surface area contributed by atoms with Gasteiger partial charge in [-0.25, -0.2) is 0 Å². The van der Waals surface area contributed by atoms with Crippen LogP contribution in [-0.2, 0) is 11.9 Å². The average molecular weight is 246 g/mol. The van der Waals surface area contributed by atoms with Crippen molar-refractivity contribution in [2.75, 3.05) is 0 Å². The number of benzene rings is 1. The molecule has 2 nitrogen and oxygen atoms in total. The molecule has 0 bridgehead atoms. The van der Waals surface area contributed by atoms with Gasteiger partial charge in [0.15, 0.2) is 0 Å². The van der Waals surface area contributed by atoms with Crippen LogP contribution in [0.3, 0.4) is 0 Å². The fourth-order valence-electron chi connectivity index (χ4n) is 2.36. The summed E-state index contributed by atoms with van der Waals surface area (Å²) in [6.45, 7) is 11.7. The van der Waals surface area contributed by atoms with Crippen LogP contribution < -0.4 is 0 Å². The van der Waals surface area contributed by atoms with Gasteiger partial charge in [0.25, 0.3) is 5.91 Å². The second-order valence-corrected chi connectivity index (χ2v) is 6.99. The summed E-state index contributed by atoms with van der Waals surface area (Å²) >= 11 is 0. The quantitative estimate of drug-likeness (QED) is 0.683. The van der Waals surface area contributed by atoms with E-state index >= 15 is 0 Å². The number of rotatable bonds is 0. The van der Waals surface area contributed by atoms with Gasteiger partial charge in [-0.2, -0.15) is 0 Å². The highest BCUT2D eigenvalue weighted by Gasteiger charge is 2.37. The molecule has 1 unspecified atom stereocenters. The first-order valence-corrected chi connectivity index (χ1v) is 6.44. The lowest BCUT2D eigenvalue weighted by molar-refractivity contribution is 0.0608. The molecule has 0 aromatic heterocycles. The molecule has 1 aromatic rings. The normalized spacial score (nSPS) is 21.0. The SMILES string of the molecule is [2H]C1c2cccc(C(C)(C)C)c2C(=O)N1C(C)(C)C. The number of hydrogen-bond donors (Lipinski definition) is 0. The van der Waals surface area contributed by atoms with Crippen molar-refractivity contribution >= 4 is 5.91 Å². The largest absolute Gasteiger partial charge is 0.329 e. The van der Waals surface area contributed by atoms with E-state index in [-0.39, 0.29) is 16.9 Å². The molecule has 0 saturated carbocycles.